The second kappa shape index (κ2) is 6.51. The minimum absolute atomic E-state index is 0.0427. The molecular formula is C16H16FN3O2. The molecule has 2 heterocycles. The molecule has 2 aromatic heterocycles. The van der Waals surface area contributed by atoms with Gasteiger partial charge in [-0.1, -0.05) is 42.4 Å². The number of hydrogen-bond donors (Lipinski definition) is 0. The fourth-order valence-electron chi connectivity index (χ4n) is 2.12. The molecule has 0 radical (unpaired) electrons. The average molecular weight is 301 g/mol. The lowest BCUT2D eigenvalue weighted by Gasteiger charge is -2.02. The van der Waals surface area contributed by atoms with Gasteiger partial charge in [0.15, 0.2) is 12.1 Å². The Morgan fingerprint density at radius 1 is 1.18 bits per heavy atom. The summed E-state index contributed by atoms with van der Waals surface area (Å²) in [6.45, 7) is 2.04. The van der Waals surface area contributed by atoms with Crippen LogP contribution in [0.25, 0.3) is 11.5 Å². The highest BCUT2D eigenvalue weighted by Gasteiger charge is 2.20. The van der Waals surface area contributed by atoms with Crippen molar-refractivity contribution >= 4 is 0 Å². The Bertz CT molecular complexity index is 724. The van der Waals surface area contributed by atoms with E-state index in [-0.39, 0.29) is 18.1 Å². The molecule has 0 saturated heterocycles. The highest BCUT2D eigenvalue weighted by molar-refractivity contribution is 5.45. The van der Waals surface area contributed by atoms with Crippen molar-refractivity contribution in [3.63, 3.8) is 0 Å². The van der Waals surface area contributed by atoms with E-state index >= 15 is 0 Å². The van der Waals surface area contributed by atoms with Gasteiger partial charge >= 0.3 is 0 Å². The topological polar surface area (TPSA) is 65.0 Å². The van der Waals surface area contributed by atoms with Gasteiger partial charge in [0.1, 0.15) is 12.0 Å². The van der Waals surface area contributed by atoms with Crippen LogP contribution in [0.5, 0.6) is 0 Å². The highest BCUT2D eigenvalue weighted by Crippen LogP contribution is 2.23. The standard InChI is InChI=1S/C16H16FN3O2/c1-2-6-14-18-13(10-21-14)15-19-16(22-20-15)12(17)9-11-7-4-3-5-8-11/h3-5,7-8,10,12H,2,6,9H2,1H3. The summed E-state index contributed by atoms with van der Waals surface area (Å²) in [6, 6.07) is 9.34. The normalized spacial score (nSPS) is 12.5. The number of hydrogen-bond acceptors (Lipinski definition) is 5. The van der Waals surface area contributed by atoms with E-state index in [4.69, 9.17) is 8.94 Å². The van der Waals surface area contributed by atoms with Crippen molar-refractivity contribution in [2.24, 2.45) is 0 Å². The molecule has 0 aliphatic rings. The lowest BCUT2D eigenvalue weighted by molar-refractivity contribution is 0.247. The van der Waals surface area contributed by atoms with Crippen molar-refractivity contribution in [2.75, 3.05) is 0 Å². The molecule has 1 unspecified atom stereocenters. The minimum Gasteiger partial charge on any atom is -0.448 e. The second-order valence-electron chi connectivity index (χ2n) is 4.99. The van der Waals surface area contributed by atoms with Crippen molar-refractivity contribution in [1.82, 2.24) is 15.1 Å². The first-order valence-electron chi connectivity index (χ1n) is 7.22. The smallest absolute Gasteiger partial charge is 0.261 e. The molecule has 1 atom stereocenters. The van der Waals surface area contributed by atoms with Gasteiger partial charge in [0.05, 0.1) is 0 Å². The van der Waals surface area contributed by atoms with E-state index in [0.717, 1.165) is 18.4 Å². The Labute approximate surface area is 127 Å². The van der Waals surface area contributed by atoms with Crippen LogP contribution in [0.15, 0.2) is 45.5 Å². The Hall–Kier alpha value is -2.50. The molecule has 1 aromatic carbocycles. The summed E-state index contributed by atoms with van der Waals surface area (Å²) in [5, 5.41) is 3.77. The van der Waals surface area contributed by atoms with Crippen molar-refractivity contribution < 1.29 is 13.3 Å². The lowest BCUT2D eigenvalue weighted by Crippen LogP contribution is -1.97. The van der Waals surface area contributed by atoms with E-state index in [2.05, 4.69) is 15.1 Å². The van der Waals surface area contributed by atoms with Crippen molar-refractivity contribution in [3.8, 4) is 11.5 Å². The van der Waals surface area contributed by atoms with Crippen molar-refractivity contribution in [1.29, 1.82) is 0 Å². The van der Waals surface area contributed by atoms with Gasteiger partial charge in [0, 0.05) is 12.8 Å². The third-order valence-corrected chi connectivity index (χ3v) is 3.21. The Morgan fingerprint density at radius 3 is 2.77 bits per heavy atom. The fraction of sp³-hybridized carbons (Fsp3) is 0.312. The van der Waals surface area contributed by atoms with Gasteiger partial charge in [-0.15, -0.1) is 0 Å². The minimum atomic E-state index is -1.34. The molecular weight excluding hydrogens is 285 g/mol. The van der Waals surface area contributed by atoms with Crippen LogP contribution in [0.2, 0.25) is 0 Å². The third kappa shape index (κ3) is 3.21. The van der Waals surface area contributed by atoms with Gasteiger partial charge < -0.3 is 8.94 Å². The summed E-state index contributed by atoms with van der Waals surface area (Å²) in [5.74, 6) is 0.820. The van der Waals surface area contributed by atoms with E-state index < -0.39 is 6.17 Å². The zero-order chi connectivity index (χ0) is 15.4. The van der Waals surface area contributed by atoms with Crippen molar-refractivity contribution in [2.45, 2.75) is 32.4 Å². The van der Waals surface area contributed by atoms with Crippen LogP contribution in [0.3, 0.4) is 0 Å². The first kappa shape index (κ1) is 14.4. The van der Waals surface area contributed by atoms with E-state index in [1.807, 2.05) is 37.3 Å². The SMILES string of the molecule is CCCc1nc(-c2noc(C(F)Cc3ccccc3)n2)co1. The summed E-state index contributed by atoms with van der Waals surface area (Å²) in [4.78, 5) is 8.33. The molecule has 0 saturated carbocycles. The van der Waals surface area contributed by atoms with Crippen LogP contribution in [-0.2, 0) is 12.8 Å². The molecule has 0 aliphatic heterocycles. The molecule has 0 fully saturated rings. The number of halogens is 1. The number of aromatic nitrogens is 3. The first-order valence-corrected chi connectivity index (χ1v) is 7.22. The molecule has 6 heteroatoms. The Morgan fingerprint density at radius 2 is 2.00 bits per heavy atom. The first-order chi connectivity index (χ1) is 10.8. The van der Waals surface area contributed by atoms with Crippen LogP contribution in [0.4, 0.5) is 4.39 Å². The summed E-state index contributed by atoms with van der Waals surface area (Å²) in [7, 11) is 0. The van der Waals surface area contributed by atoms with Gasteiger partial charge in [0.2, 0.25) is 5.82 Å². The van der Waals surface area contributed by atoms with Gasteiger partial charge in [0.25, 0.3) is 5.89 Å². The largest absolute Gasteiger partial charge is 0.448 e. The molecule has 0 spiro atoms. The number of nitrogens with zero attached hydrogens (tertiary/aromatic N) is 3. The molecule has 22 heavy (non-hydrogen) atoms. The molecule has 0 N–H and O–H groups in total. The van der Waals surface area contributed by atoms with Crippen LogP contribution in [-0.4, -0.2) is 15.1 Å². The Kier molecular flexibility index (Phi) is 4.27. The molecule has 5 nitrogen and oxygen atoms in total. The fourth-order valence-corrected chi connectivity index (χ4v) is 2.12. The van der Waals surface area contributed by atoms with E-state index in [1.165, 1.54) is 6.26 Å². The van der Waals surface area contributed by atoms with Crippen LogP contribution in [0, 0.1) is 0 Å². The molecule has 3 rings (SSSR count). The number of rotatable bonds is 6. The van der Waals surface area contributed by atoms with Gasteiger partial charge in [-0.25, -0.2) is 9.37 Å². The van der Waals surface area contributed by atoms with Gasteiger partial charge in [-0.3, -0.25) is 0 Å². The number of alkyl halides is 1. The van der Waals surface area contributed by atoms with Crippen LogP contribution >= 0.6 is 0 Å². The quantitative estimate of drug-likeness (QED) is 0.690. The number of aryl methyl sites for hydroxylation is 1. The maximum atomic E-state index is 14.2. The summed E-state index contributed by atoms with van der Waals surface area (Å²) < 4.78 is 24.5. The second-order valence-corrected chi connectivity index (χ2v) is 4.99. The van der Waals surface area contributed by atoms with E-state index in [9.17, 15) is 4.39 Å². The summed E-state index contributed by atoms with van der Waals surface area (Å²) in [5.41, 5.74) is 1.34. The molecule has 0 amide bonds. The zero-order valence-corrected chi connectivity index (χ0v) is 12.2. The monoisotopic (exact) mass is 301 g/mol. The Balaban J connectivity index is 1.72. The van der Waals surface area contributed by atoms with Crippen LogP contribution in [0.1, 0.15) is 36.9 Å². The summed E-state index contributed by atoms with van der Waals surface area (Å²) in [6.07, 6.45) is 1.99. The molecule has 0 aliphatic carbocycles. The maximum Gasteiger partial charge on any atom is 0.261 e. The molecule has 3 aromatic rings. The van der Waals surface area contributed by atoms with E-state index in [0.29, 0.717) is 11.6 Å². The number of oxazole rings is 1. The van der Waals surface area contributed by atoms with Crippen LogP contribution < -0.4 is 0 Å². The predicted octanol–water partition coefficient (Wildman–Crippen LogP) is 3.93. The zero-order valence-electron chi connectivity index (χ0n) is 12.2. The predicted molar refractivity (Wildman–Crippen MR) is 77.8 cm³/mol. The van der Waals surface area contributed by atoms with Gasteiger partial charge in [-0.2, -0.15) is 4.98 Å². The van der Waals surface area contributed by atoms with E-state index in [1.54, 1.807) is 0 Å². The third-order valence-electron chi connectivity index (χ3n) is 3.21. The summed E-state index contributed by atoms with van der Waals surface area (Å²) >= 11 is 0. The van der Waals surface area contributed by atoms with Crippen molar-refractivity contribution in [3.05, 3.63) is 53.9 Å². The molecule has 0 bridgehead atoms. The maximum absolute atomic E-state index is 14.2. The average Bonchev–Trinajstić information content (AvgIpc) is 3.17. The highest BCUT2D eigenvalue weighted by atomic mass is 19.1. The van der Waals surface area contributed by atoms with Gasteiger partial charge in [-0.05, 0) is 12.0 Å². The lowest BCUT2D eigenvalue weighted by atomic mass is 10.1. The number of benzene rings is 1. The molecule has 114 valence electrons.